The molecule has 0 aliphatic heterocycles. The SMILES string of the molecule is C[C@]12CC[C@H](O)CC1C[C@H](O)[C@H]1[C@@H]3CC=C([n+]4ccccc4)[C@@]3(CO)CC[C@@H]12. The van der Waals surface area contributed by atoms with Gasteiger partial charge in [0.15, 0.2) is 18.1 Å². The van der Waals surface area contributed by atoms with Gasteiger partial charge in [-0.3, -0.25) is 0 Å². The number of aromatic nitrogens is 1. The number of pyridine rings is 1. The molecule has 3 fully saturated rings. The zero-order chi connectivity index (χ0) is 19.5. The van der Waals surface area contributed by atoms with Crippen LogP contribution in [0.2, 0.25) is 0 Å². The van der Waals surface area contributed by atoms with Gasteiger partial charge in [-0.2, -0.15) is 4.57 Å². The topological polar surface area (TPSA) is 64.6 Å². The molecule has 152 valence electrons. The van der Waals surface area contributed by atoms with Gasteiger partial charge in [0.2, 0.25) is 0 Å². The van der Waals surface area contributed by atoms with Crippen LogP contribution < -0.4 is 4.57 Å². The second-order valence-electron chi connectivity index (χ2n) is 10.2. The van der Waals surface area contributed by atoms with Crippen molar-refractivity contribution in [1.82, 2.24) is 0 Å². The van der Waals surface area contributed by atoms with Crippen molar-refractivity contribution in [1.29, 1.82) is 0 Å². The van der Waals surface area contributed by atoms with Crippen LogP contribution in [0.4, 0.5) is 0 Å². The van der Waals surface area contributed by atoms with E-state index in [0.717, 1.165) is 44.9 Å². The fourth-order valence-corrected chi connectivity index (χ4v) is 7.79. The zero-order valence-electron chi connectivity index (χ0n) is 16.9. The van der Waals surface area contributed by atoms with Crippen LogP contribution in [0.1, 0.15) is 51.9 Å². The second kappa shape index (κ2) is 6.65. The summed E-state index contributed by atoms with van der Waals surface area (Å²) in [6.45, 7) is 2.58. The van der Waals surface area contributed by atoms with Gasteiger partial charge >= 0.3 is 0 Å². The van der Waals surface area contributed by atoms with Gasteiger partial charge in [0.25, 0.3) is 0 Å². The minimum Gasteiger partial charge on any atom is -0.395 e. The quantitative estimate of drug-likeness (QED) is 0.687. The molecule has 3 saturated carbocycles. The van der Waals surface area contributed by atoms with Gasteiger partial charge in [0.05, 0.1) is 24.2 Å². The third kappa shape index (κ3) is 2.50. The minimum atomic E-state index is -0.321. The minimum absolute atomic E-state index is 0.153. The summed E-state index contributed by atoms with van der Waals surface area (Å²) in [6.07, 6.45) is 12.6. The number of nitrogens with zero attached hydrogens (tertiary/aromatic N) is 1. The van der Waals surface area contributed by atoms with Gasteiger partial charge in [-0.15, -0.1) is 0 Å². The molecule has 8 atom stereocenters. The molecule has 4 aliphatic carbocycles. The van der Waals surface area contributed by atoms with Gasteiger partial charge < -0.3 is 15.3 Å². The average molecular weight is 385 g/mol. The van der Waals surface area contributed by atoms with Crippen LogP contribution in [0.25, 0.3) is 5.70 Å². The highest BCUT2D eigenvalue weighted by Crippen LogP contribution is 2.66. The first-order valence-corrected chi connectivity index (χ1v) is 11.1. The van der Waals surface area contributed by atoms with Crippen molar-refractivity contribution in [3.63, 3.8) is 0 Å². The third-order valence-corrected chi connectivity index (χ3v) is 9.21. The summed E-state index contributed by atoms with van der Waals surface area (Å²) in [5.41, 5.74) is 1.19. The van der Waals surface area contributed by atoms with Crippen molar-refractivity contribution in [2.75, 3.05) is 6.61 Å². The van der Waals surface area contributed by atoms with E-state index >= 15 is 0 Å². The maximum absolute atomic E-state index is 11.3. The molecule has 4 heteroatoms. The van der Waals surface area contributed by atoms with Crippen molar-refractivity contribution in [2.45, 2.75) is 64.1 Å². The van der Waals surface area contributed by atoms with Crippen molar-refractivity contribution >= 4 is 5.70 Å². The molecule has 0 aromatic carbocycles. The van der Waals surface area contributed by atoms with Crippen LogP contribution in [-0.2, 0) is 0 Å². The Bertz CT molecular complexity index is 764. The number of aliphatic hydroxyl groups is 3. The Morgan fingerprint density at radius 1 is 1.04 bits per heavy atom. The Kier molecular flexibility index (Phi) is 4.46. The highest BCUT2D eigenvalue weighted by molar-refractivity contribution is 5.49. The lowest BCUT2D eigenvalue weighted by Crippen LogP contribution is -2.60. The van der Waals surface area contributed by atoms with E-state index in [-0.39, 0.29) is 35.6 Å². The number of hydrogen-bond acceptors (Lipinski definition) is 3. The summed E-state index contributed by atoms with van der Waals surface area (Å²) in [4.78, 5) is 0. The standard InChI is InChI=1S/C24H34NO3/c1-23-9-7-17(27)13-16(23)14-20(28)22-18(23)8-10-24(15-26)19(22)5-6-21(24)25-11-3-2-4-12-25/h2-4,6,11-12,16-20,22,26-28H,5,7-10,13-15H2,1H3/q+1/t16?,17-,18-,19-,20-,22+,23-,24+/m0/s1. The highest BCUT2D eigenvalue weighted by Gasteiger charge is 2.64. The lowest BCUT2D eigenvalue weighted by Gasteiger charge is -2.61. The third-order valence-electron chi connectivity index (χ3n) is 9.21. The summed E-state index contributed by atoms with van der Waals surface area (Å²) in [7, 11) is 0. The van der Waals surface area contributed by atoms with Gasteiger partial charge in [-0.1, -0.05) is 13.0 Å². The van der Waals surface area contributed by atoms with Gasteiger partial charge in [0, 0.05) is 12.1 Å². The van der Waals surface area contributed by atoms with Crippen LogP contribution in [0.15, 0.2) is 36.7 Å². The van der Waals surface area contributed by atoms with E-state index in [2.05, 4.69) is 30.0 Å². The maximum Gasteiger partial charge on any atom is 0.191 e. The normalized spacial score (nSPS) is 47.6. The number of rotatable bonds is 2. The summed E-state index contributed by atoms with van der Waals surface area (Å²) in [5.74, 6) is 1.47. The Balaban J connectivity index is 1.50. The molecular weight excluding hydrogens is 350 g/mol. The average Bonchev–Trinajstić information content (AvgIpc) is 3.10. The Morgan fingerprint density at radius 2 is 1.82 bits per heavy atom. The zero-order valence-corrected chi connectivity index (χ0v) is 16.9. The molecule has 1 heterocycles. The van der Waals surface area contributed by atoms with Crippen molar-refractivity contribution in [2.24, 2.45) is 34.5 Å². The maximum atomic E-state index is 11.3. The van der Waals surface area contributed by atoms with Gasteiger partial charge in [-0.25, -0.2) is 0 Å². The first-order chi connectivity index (χ1) is 13.5. The van der Waals surface area contributed by atoms with Crippen molar-refractivity contribution in [3.05, 3.63) is 36.7 Å². The fraction of sp³-hybridized carbons (Fsp3) is 0.708. The number of aliphatic hydroxyl groups excluding tert-OH is 3. The molecule has 0 saturated heterocycles. The molecule has 0 bridgehead atoms. The van der Waals surface area contributed by atoms with Crippen molar-refractivity contribution in [3.8, 4) is 0 Å². The van der Waals surface area contributed by atoms with E-state index in [1.807, 2.05) is 18.2 Å². The molecule has 4 nitrogen and oxygen atoms in total. The summed E-state index contributed by atoms with van der Waals surface area (Å²) in [5, 5.41) is 32.1. The van der Waals surface area contributed by atoms with E-state index in [1.54, 1.807) is 0 Å². The number of hydrogen-bond donors (Lipinski definition) is 3. The fourth-order valence-electron chi connectivity index (χ4n) is 7.79. The second-order valence-corrected chi connectivity index (χ2v) is 10.2. The lowest BCUT2D eigenvalue weighted by molar-refractivity contribution is -0.591. The van der Waals surface area contributed by atoms with Crippen LogP contribution in [0, 0.1) is 34.5 Å². The van der Waals surface area contributed by atoms with E-state index in [9.17, 15) is 15.3 Å². The predicted octanol–water partition coefficient (Wildman–Crippen LogP) is 2.77. The lowest BCUT2D eigenvalue weighted by atomic mass is 9.44. The van der Waals surface area contributed by atoms with E-state index in [0.29, 0.717) is 17.8 Å². The molecule has 0 amide bonds. The molecule has 5 rings (SSSR count). The van der Waals surface area contributed by atoms with E-state index in [4.69, 9.17) is 0 Å². The molecule has 28 heavy (non-hydrogen) atoms. The van der Waals surface area contributed by atoms with Gasteiger partial charge in [-0.05, 0) is 80.1 Å². The van der Waals surface area contributed by atoms with Crippen LogP contribution in [0.5, 0.6) is 0 Å². The largest absolute Gasteiger partial charge is 0.395 e. The monoisotopic (exact) mass is 384 g/mol. The van der Waals surface area contributed by atoms with Crippen LogP contribution >= 0.6 is 0 Å². The summed E-state index contributed by atoms with van der Waals surface area (Å²) in [6, 6.07) is 6.11. The Morgan fingerprint density at radius 3 is 2.57 bits per heavy atom. The highest BCUT2D eigenvalue weighted by atomic mass is 16.3. The molecule has 3 N–H and O–H groups in total. The number of fused-ring (bicyclic) bond motifs is 5. The molecule has 0 spiro atoms. The summed E-state index contributed by atoms with van der Waals surface area (Å²) < 4.78 is 2.17. The van der Waals surface area contributed by atoms with E-state index < -0.39 is 0 Å². The molecule has 1 unspecified atom stereocenters. The molecule has 1 aromatic rings. The van der Waals surface area contributed by atoms with E-state index in [1.165, 1.54) is 5.70 Å². The first kappa shape index (κ1) is 18.8. The molecule has 0 radical (unpaired) electrons. The summed E-state index contributed by atoms with van der Waals surface area (Å²) >= 11 is 0. The van der Waals surface area contributed by atoms with Crippen LogP contribution in [-0.4, -0.2) is 34.1 Å². The first-order valence-electron chi connectivity index (χ1n) is 11.1. The Hall–Kier alpha value is -1.23. The molecular formula is C24H34NO3+. The van der Waals surface area contributed by atoms with Crippen molar-refractivity contribution < 1.29 is 19.9 Å². The number of allylic oxidation sites excluding steroid dienone is 1. The molecule has 4 aliphatic rings. The van der Waals surface area contributed by atoms with Crippen LogP contribution in [0.3, 0.4) is 0 Å². The van der Waals surface area contributed by atoms with Gasteiger partial charge in [0.1, 0.15) is 0 Å². The molecule has 1 aromatic heterocycles. The Labute approximate surface area is 167 Å². The smallest absolute Gasteiger partial charge is 0.191 e. The predicted molar refractivity (Wildman–Crippen MR) is 107 cm³/mol.